The van der Waals surface area contributed by atoms with E-state index in [-0.39, 0.29) is 0 Å². The molecular formula is C40H27NOS. The maximum Gasteiger partial charge on any atom is 0.136 e. The quantitative estimate of drug-likeness (QED) is 0.193. The van der Waals surface area contributed by atoms with E-state index in [0.29, 0.717) is 0 Å². The third-order valence-electron chi connectivity index (χ3n) is 8.19. The maximum absolute atomic E-state index is 6.28. The van der Waals surface area contributed by atoms with Crippen molar-refractivity contribution in [1.29, 1.82) is 0 Å². The summed E-state index contributed by atoms with van der Waals surface area (Å²) in [5, 5.41) is 6.99. The van der Waals surface area contributed by atoms with E-state index in [4.69, 9.17) is 9.40 Å². The van der Waals surface area contributed by atoms with Gasteiger partial charge in [-0.1, -0.05) is 110 Å². The van der Waals surface area contributed by atoms with Crippen LogP contribution in [0.5, 0.6) is 0 Å². The number of furan rings is 1. The van der Waals surface area contributed by atoms with Crippen LogP contribution in [0.2, 0.25) is 0 Å². The summed E-state index contributed by atoms with van der Waals surface area (Å²) in [5.74, 6) is 0.795. The van der Waals surface area contributed by atoms with Crippen molar-refractivity contribution in [3.8, 4) is 32.8 Å². The van der Waals surface area contributed by atoms with E-state index in [0.717, 1.165) is 43.9 Å². The molecular weight excluding hydrogens is 543 g/mol. The monoisotopic (exact) mass is 569 g/mol. The minimum absolute atomic E-state index is 0.795. The summed E-state index contributed by atoms with van der Waals surface area (Å²) in [6.45, 7) is 6.00. The summed E-state index contributed by atoms with van der Waals surface area (Å²) in [5.41, 5.74) is 8.85. The number of fused-ring (bicyclic) bond motifs is 4. The highest BCUT2D eigenvalue weighted by atomic mass is 32.1. The van der Waals surface area contributed by atoms with Gasteiger partial charge in [0.1, 0.15) is 16.4 Å². The number of hydrogen-bond acceptors (Lipinski definition) is 3. The Hall–Kier alpha value is -5.25. The number of thiazole rings is 1. The summed E-state index contributed by atoms with van der Waals surface area (Å²) in [4.78, 5) is 5.05. The van der Waals surface area contributed by atoms with Crippen LogP contribution in [0.3, 0.4) is 0 Å². The summed E-state index contributed by atoms with van der Waals surface area (Å²) in [6, 6.07) is 41.2. The molecule has 0 fully saturated rings. The Morgan fingerprint density at radius 2 is 1.26 bits per heavy atom. The Balaban J connectivity index is 1.37. The first-order valence-corrected chi connectivity index (χ1v) is 15.3. The van der Waals surface area contributed by atoms with Gasteiger partial charge in [-0.3, -0.25) is 0 Å². The number of allylic oxidation sites excluding steroid dienone is 1. The van der Waals surface area contributed by atoms with Crippen LogP contribution in [0.1, 0.15) is 18.2 Å². The molecule has 8 rings (SSSR count). The van der Waals surface area contributed by atoms with Crippen molar-refractivity contribution >= 4 is 66.2 Å². The van der Waals surface area contributed by atoms with Gasteiger partial charge in [0, 0.05) is 16.5 Å². The highest BCUT2D eigenvalue weighted by Gasteiger charge is 2.19. The number of aromatic nitrogens is 1. The van der Waals surface area contributed by atoms with Crippen LogP contribution in [0.4, 0.5) is 0 Å². The first kappa shape index (κ1) is 25.5. The van der Waals surface area contributed by atoms with Crippen molar-refractivity contribution in [2.24, 2.45) is 0 Å². The van der Waals surface area contributed by atoms with Gasteiger partial charge in [0.05, 0.1) is 10.2 Å². The zero-order valence-electron chi connectivity index (χ0n) is 23.7. The van der Waals surface area contributed by atoms with E-state index in [2.05, 4.69) is 122 Å². The smallest absolute Gasteiger partial charge is 0.136 e. The molecule has 0 aliphatic carbocycles. The zero-order valence-corrected chi connectivity index (χ0v) is 24.5. The Labute approximate surface area is 253 Å². The predicted molar refractivity (Wildman–Crippen MR) is 186 cm³/mol. The highest BCUT2D eigenvalue weighted by Crippen LogP contribution is 2.45. The van der Waals surface area contributed by atoms with Gasteiger partial charge in [-0.25, -0.2) is 4.98 Å². The molecule has 204 valence electrons. The van der Waals surface area contributed by atoms with Crippen LogP contribution in [-0.2, 0) is 0 Å². The zero-order chi connectivity index (χ0) is 28.9. The van der Waals surface area contributed by atoms with Gasteiger partial charge in [0.25, 0.3) is 0 Å². The molecule has 0 saturated heterocycles. The highest BCUT2D eigenvalue weighted by molar-refractivity contribution is 7.21. The van der Waals surface area contributed by atoms with Crippen molar-refractivity contribution in [2.45, 2.75) is 6.92 Å². The average molecular weight is 570 g/mol. The van der Waals surface area contributed by atoms with Crippen LogP contribution >= 0.6 is 11.3 Å². The fraction of sp³-hybridized carbons (Fsp3) is 0.0250. The first-order valence-electron chi connectivity index (χ1n) is 14.5. The molecule has 6 aromatic carbocycles. The van der Waals surface area contributed by atoms with Crippen LogP contribution in [-0.4, -0.2) is 4.98 Å². The Morgan fingerprint density at radius 3 is 1.88 bits per heavy atom. The minimum atomic E-state index is 0.795. The molecule has 0 amide bonds. The van der Waals surface area contributed by atoms with Crippen molar-refractivity contribution in [2.75, 3.05) is 0 Å². The number of nitrogens with zero attached hydrogens (tertiary/aromatic N) is 1. The van der Waals surface area contributed by atoms with Gasteiger partial charge in [-0.15, -0.1) is 11.3 Å². The molecule has 0 atom stereocenters. The molecule has 0 spiro atoms. The molecule has 2 nitrogen and oxygen atoms in total. The number of rotatable bonds is 5. The van der Waals surface area contributed by atoms with Crippen molar-refractivity contribution < 1.29 is 4.42 Å². The lowest BCUT2D eigenvalue weighted by Crippen LogP contribution is -1.90. The van der Waals surface area contributed by atoms with E-state index < -0.39 is 0 Å². The molecule has 0 bridgehead atoms. The standard InChI is InChI=1S/C40H27NOS/c1-3-12-28-29-21-19-27(24-36(29)42-35(28)4-2)39-32-17-10-8-15-30(32)38(31-16-9-11-18-33(31)39)26-20-22-37-34(23-26)41-40(43-37)25-13-6-5-7-14-25/h3-24H,2H2,1H3/b12-3-. The average Bonchev–Trinajstić information content (AvgIpc) is 3.64. The van der Waals surface area contributed by atoms with Crippen molar-refractivity contribution in [1.82, 2.24) is 4.98 Å². The molecule has 3 heteroatoms. The lowest BCUT2D eigenvalue weighted by Gasteiger charge is -2.17. The van der Waals surface area contributed by atoms with Gasteiger partial charge in [0.15, 0.2) is 0 Å². The van der Waals surface area contributed by atoms with Gasteiger partial charge in [0.2, 0.25) is 0 Å². The first-order chi connectivity index (χ1) is 21.2. The fourth-order valence-electron chi connectivity index (χ4n) is 6.32. The molecule has 0 unspecified atom stereocenters. The molecule has 2 aromatic heterocycles. The summed E-state index contributed by atoms with van der Waals surface area (Å²) < 4.78 is 7.47. The third-order valence-corrected chi connectivity index (χ3v) is 9.28. The van der Waals surface area contributed by atoms with Crippen LogP contribution in [0, 0.1) is 0 Å². The van der Waals surface area contributed by atoms with Crippen LogP contribution < -0.4 is 0 Å². The SMILES string of the molecule is C=Cc1oc2cc(-c3c4ccccc4c(-c4ccc5sc(-c6ccccc6)nc5c4)c4ccccc34)ccc2c1/C=C\C. The number of benzene rings is 6. The van der Waals surface area contributed by atoms with Gasteiger partial charge < -0.3 is 4.42 Å². The maximum atomic E-state index is 6.28. The van der Waals surface area contributed by atoms with E-state index in [9.17, 15) is 0 Å². The normalized spacial score (nSPS) is 11.8. The molecule has 0 radical (unpaired) electrons. The topological polar surface area (TPSA) is 26.0 Å². The largest absolute Gasteiger partial charge is 0.456 e. The van der Waals surface area contributed by atoms with Gasteiger partial charge >= 0.3 is 0 Å². The third kappa shape index (κ3) is 4.12. The lowest BCUT2D eigenvalue weighted by atomic mass is 9.86. The van der Waals surface area contributed by atoms with E-state index in [1.165, 1.54) is 42.9 Å². The van der Waals surface area contributed by atoms with Crippen LogP contribution in [0.15, 0.2) is 132 Å². The Kier molecular flexibility index (Phi) is 6.06. The van der Waals surface area contributed by atoms with Gasteiger partial charge in [-0.2, -0.15) is 0 Å². The van der Waals surface area contributed by atoms with E-state index in [1.54, 1.807) is 17.4 Å². The second kappa shape index (κ2) is 10.2. The van der Waals surface area contributed by atoms with Crippen LogP contribution in [0.25, 0.3) is 87.7 Å². The second-order valence-electron chi connectivity index (χ2n) is 10.7. The molecule has 0 aliphatic heterocycles. The molecule has 0 aliphatic rings. The summed E-state index contributed by atoms with van der Waals surface area (Å²) >= 11 is 1.74. The molecule has 2 heterocycles. The molecule has 43 heavy (non-hydrogen) atoms. The van der Waals surface area contributed by atoms with Crippen molar-refractivity contribution in [3.63, 3.8) is 0 Å². The Bertz CT molecular complexity index is 2320. The Morgan fingerprint density at radius 1 is 0.651 bits per heavy atom. The van der Waals surface area contributed by atoms with E-state index in [1.807, 2.05) is 19.1 Å². The molecule has 0 saturated carbocycles. The lowest BCUT2D eigenvalue weighted by molar-refractivity contribution is 0.603. The minimum Gasteiger partial charge on any atom is -0.456 e. The van der Waals surface area contributed by atoms with Crippen molar-refractivity contribution in [3.05, 3.63) is 139 Å². The molecule has 0 N–H and O–H groups in total. The van der Waals surface area contributed by atoms with Gasteiger partial charge in [-0.05, 0) is 81.1 Å². The summed E-state index contributed by atoms with van der Waals surface area (Å²) in [6.07, 6.45) is 5.91. The molecule has 8 aromatic rings. The second-order valence-corrected chi connectivity index (χ2v) is 11.7. The fourth-order valence-corrected chi connectivity index (χ4v) is 7.27. The number of hydrogen-bond donors (Lipinski definition) is 0. The predicted octanol–water partition coefficient (Wildman–Crippen LogP) is 12.0. The van der Waals surface area contributed by atoms with E-state index >= 15 is 0 Å². The summed E-state index contributed by atoms with van der Waals surface area (Å²) in [7, 11) is 0.